The number of amides is 1. The molecule has 3 rings (SSSR count). The maximum absolute atomic E-state index is 10.3. The van der Waals surface area contributed by atoms with Crippen LogP contribution in [0.5, 0.6) is 0 Å². The normalized spacial score (nSPS) is 10.6. The van der Waals surface area contributed by atoms with E-state index in [9.17, 15) is 4.79 Å². The molecule has 4 nitrogen and oxygen atoms in total. The van der Waals surface area contributed by atoms with E-state index in [-0.39, 0.29) is 0 Å². The molecule has 0 radical (unpaired) electrons. The number of hydrogen-bond acceptors (Lipinski definition) is 2. The fourth-order valence-corrected chi connectivity index (χ4v) is 2.27. The Morgan fingerprint density at radius 3 is 2.68 bits per heavy atom. The highest BCUT2D eigenvalue weighted by molar-refractivity contribution is 9.10. The van der Waals surface area contributed by atoms with Crippen LogP contribution in [0.1, 0.15) is 0 Å². The molecule has 0 aliphatic carbocycles. The molecule has 0 saturated heterocycles. The van der Waals surface area contributed by atoms with Crippen LogP contribution < -0.4 is 5.32 Å². The summed E-state index contributed by atoms with van der Waals surface area (Å²) < 4.78 is 1.01. The van der Waals surface area contributed by atoms with Crippen molar-refractivity contribution in [1.82, 2.24) is 9.97 Å². The van der Waals surface area contributed by atoms with Crippen LogP contribution in [0, 0.1) is 0 Å². The summed E-state index contributed by atoms with van der Waals surface area (Å²) in [6, 6.07) is 13.4. The van der Waals surface area contributed by atoms with Crippen molar-refractivity contribution < 1.29 is 4.79 Å². The number of nitrogens with zero attached hydrogens (tertiary/aromatic N) is 1. The third-order valence-electron chi connectivity index (χ3n) is 2.83. The summed E-state index contributed by atoms with van der Waals surface area (Å²) in [5.74, 6) is 0.811. The molecule has 0 bridgehead atoms. The highest BCUT2D eigenvalue weighted by atomic mass is 79.9. The second kappa shape index (κ2) is 4.85. The lowest BCUT2D eigenvalue weighted by Crippen LogP contribution is -1.92. The first kappa shape index (κ1) is 11.9. The van der Waals surface area contributed by atoms with Crippen LogP contribution in [0.4, 0.5) is 5.69 Å². The van der Waals surface area contributed by atoms with Crippen molar-refractivity contribution in [3.05, 3.63) is 46.9 Å². The number of aromatic nitrogens is 2. The van der Waals surface area contributed by atoms with Crippen molar-refractivity contribution in [2.45, 2.75) is 0 Å². The first-order valence-corrected chi connectivity index (χ1v) is 6.51. The zero-order chi connectivity index (χ0) is 13.2. The lowest BCUT2D eigenvalue weighted by molar-refractivity contribution is -0.105. The first-order chi connectivity index (χ1) is 9.26. The molecule has 1 aromatic heterocycles. The summed E-state index contributed by atoms with van der Waals surface area (Å²) in [4.78, 5) is 18.2. The minimum Gasteiger partial charge on any atom is -0.338 e. The van der Waals surface area contributed by atoms with Gasteiger partial charge in [-0.2, -0.15) is 0 Å². The number of H-pyrrole nitrogens is 1. The van der Waals surface area contributed by atoms with E-state index in [1.54, 1.807) is 0 Å². The maximum atomic E-state index is 10.3. The average Bonchev–Trinajstić information content (AvgIpc) is 2.83. The molecule has 2 N–H and O–H groups in total. The number of aromatic amines is 1. The molecule has 94 valence electrons. The van der Waals surface area contributed by atoms with Gasteiger partial charge in [-0.25, -0.2) is 4.98 Å². The Balaban J connectivity index is 2.01. The van der Waals surface area contributed by atoms with Crippen LogP contribution in [0.2, 0.25) is 0 Å². The van der Waals surface area contributed by atoms with Gasteiger partial charge in [-0.15, -0.1) is 0 Å². The van der Waals surface area contributed by atoms with E-state index in [0.717, 1.165) is 32.6 Å². The molecule has 19 heavy (non-hydrogen) atoms. The molecule has 1 heterocycles. The van der Waals surface area contributed by atoms with E-state index in [4.69, 9.17) is 0 Å². The summed E-state index contributed by atoms with van der Waals surface area (Å²) in [5.41, 5.74) is 3.65. The summed E-state index contributed by atoms with van der Waals surface area (Å²) in [7, 11) is 0. The molecule has 0 atom stereocenters. The number of imidazole rings is 1. The number of nitrogens with one attached hydrogen (secondary N) is 2. The van der Waals surface area contributed by atoms with Crippen molar-refractivity contribution in [2.24, 2.45) is 0 Å². The molecule has 0 aliphatic heterocycles. The molecular weight excluding hydrogens is 306 g/mol. The Morgan fingerprint density at radius 2 is 1.95 bits per heavy atom. The Bertz CT molecular complexity index is 734. The van der Waals surface area contributed by atoms with Crippen LogP contribution in [-0.4, -0.2) is 16.4 Å². The second-order valence-electron chi connectivity index (χ2n) is 4.09. The Labute approximate surface area is 118 Å². The van der Waals surface area contributed by atoms with E-state index >= 15 is 0 Å². The number of fused-ring (bicyclic) bond motifs is 1. The summed E-state index contributed by atoms with van der Waals surface area (Å²) in [6.07, 6.45) is 0.660. The van der Waals surface area contributed by atoms with Gasteiger partial charge in [-0.05, 0) is 42.5 Å². The van der Waals surface area contributed by atoms with Crippen LogP contribution >= 0.6 is 15.9 Å². The van der Waals surface area contributed by atoms with Crippen LogP contribution in [0.15, 0.2) is 46.9 Å². The van der Waals surface area contributed by atoms with Gasteiger partial charge in [0.25, 0.3) is 0 Å². The molecule has 0 saturated carbocycles. The number of carbonyl (C=O) groups excluding carboxylic acids is 1. The Morgan fingerprint density at radius 1 is 1.16 bits per heavy atom. The Hall–Kier alpha value is -2.14. The van der Waals surface area contributed by atoms with Gasteiger partial charge in [0.05, 0.1) is 11.0 Å². The molecule has 3 aromatic rings. The van der Waals surface area contributed by atoms with Gasteiger partial charge in [0, 0.05) is 15.7 Å². The monoisotopic (exact) mass is 315 g/mol. The molecule has 2 aromatic carbocycles. The third-order valence-corrected chi connectivity index (χ3v) is 3.32. The lowest BCUT2D eigenvalue weighted by atomic mass is 10.2. The zero-order valence-corrected chi connectivity index (χ0v) is 11.4. The number of benzene rings is 2. The summed E-state index contributed by atoms with van der Waals surface area (Å²) in [6.45, 7) is 0. The van der Waals surface area contributed by atoms with Crippen LogP contribution in [0.3, 0.4) is 0 Å². The number of halogens is 1. The van der Waals surface area contributed by atoms with Crippen molar-refractivity contribution in [1.29, 1.82) is 0 Å². The molecule has 5 heteroatoms. The standard InChI is InChI=1S/C14H10BrN3O/c15-10-3-6-12-13(7-10)18-14(17-12)9-1-4-11(5-2-9)16-8-19/h1-8H,(H,16,19)(H,17,18). The van der Waals surface area contributed by atoms with E-state index < -0.39 is 0 Å². The van der Waals surface area contributed by atoms with Crippen molar-refractivity contribution >= 4 is 39.1 Å². The number of anilines is 1. The van der Waals surface area contributed by atoms with E-state index in [1.807, 2.05) is 42.5 Å². The van der Waals surface area contributed by atoms with Gasteiger partial charge in [0.2, 0.25) is 6.41 Å². The van der Waals surface area contributed by atoms with Crippen LogP contribution in [0.25, 0.3) is 22.4 Å². The first-order valence-electron chi connectivity index (χ1n) is 5.72. The van der Waals surface area contributed by atoms with Gasteiger partial charge in [0.1, 0.15) is 5.82 Å². The number of carbonyl (C=O) groups is 1. The number of rotatable bonds is 3. The zero-order valence-electron chi connectivity index (χ0n) is 9.85. The van der Waals surface area contributed by atoms with Crippen LogP contribution in [-0.2, 0) is 4.79 Å². The van der Waals surface area contributed by atoms with Crippen molar-refractivity contribution in [3.63, 3.8) is 0 Å². The third kappa shape index (κ3) is 2.37. The van der Waals surface area contributed by atoms with E-state index in [2.05, 4.69) is 31.2 Å². The van der Waals surface area contributed by atoms with Gasteiger partial charge in [-0.1, -0.05) is 15.9 Å². The molecule has 1 amide bonds. The fourth-order valence-electron chi connectivity index (χ4n) is 1.91. The quantitative estimate of drug-likeness (QED) is 0.726. The SMILES string of the molecule is O=CNc1ccc(-c2nc3ccc(Br)cc3[nH]2)cc1. The fraction of sp³-hybridized carbons (Fsp3) is 0. The average molecular weight is 316 g/mol. The predicted molar refractivity (Wildman–Crippen MR) is 78.9 cm³/mol. The number of hydrogen-bond donors (Lipinski definition) is 2. The molecule has 0 fully saturated rings. The van der Waals surface area contributed by atoms with Gasteiger partial charge >= 0.3 is 0 Å². The second-order valence-corrected chi connectivity index (χ2v) is 5.00. The highest BCUT2D eigenvalue weighted by Crippen LogP contribution is 2.23. The molecule has 0 unspecified atom stereocenters. The largest absolute Gasteiger partial charge is 0.338 e. The minimum atomic E-state index is 0.660. The lowest BCUT2D eigenvalue weighted by Gasteiger charge is -1.99. The van der Waals surface area contributed by atoms with Crippen molar-refractivity contribution in [2.75, 3.05) is 5.32 Å². The molecule has 0 aliphatic rings. The molecule has 0 spiro atoms. The summed E-state index contributed by atoms with van der Waals surface area (Å²) >= 11 is 3.44. The van der Waals surface area contributed by atoms with Gasteiger partial charge in [0.15, 0.2) is 0 Å². The Kier molecular flexibility index (Phi) is 3.05. The van der Waals surface area contributed by atoms with Crippen molar-refractivity contribution in [3.8, 4) is 11.4 Å². The highest BCUT2D eigenvalue weighted by Gasteiger charge is 2.05. The molecular formula is C14H10BrN3O. The van der Waals surface area contributed by atoms with Gasteiger partial charge in [-0.3, -0.25) is 4.79 Å². The maximum Gasteiger partial charge on any atom is 0.211 e. The van der Waals surface area contributed by atoms with E-state index in [1.165, 1.54) is 0 Å². The minimum absolute atomic E-state index is 0.660. The smallest absolute Gasteiger partial charge is 0.211 e. The van der Waals surface area contributed by atoms with Gasteiger partial charge < -0.3 is 10.3 Å². The topological polar surface area (TPSA) is 57.8 Å². The predicted octanol–water partition coefficient (Wildman–Crippen LogP) is 3.56. The van der Waals surface area contributed by atoms with E-state index in [0.29, 0.717) is 6.41 Å². The summed E-state index contributed by atoms with van der Waals surface area (Å²) in [5, 5.41) is 2.60.